The van der Waals surface area contributed by atoms with Crippen LogP contribution in [0.5, 0.6) is 0 Å². The molecule has 0 aliphatic carbocycles. The third kappa shape index (κ3) is 4.51. The summed E-state index contributed by atoms with van der Waals surface area (Å²) in [6, 6.07) is 5.68. The molecule has 104 valence electrons. The van der Waals surface area contributed by atoms with Crippen molar-refractivity contribution in [2.24, 2.45) is 5.92 Å². The summed E-state index contributed by atoms with van der Waals surface area (Å²) in [6.07, 6.45) is 3.91. The molecule has 4 heteroatoms. The lowest BCUT2D eigenvalue weighted by Crippen LogP contribution is -2.28. The SMILES string of the molecule is Cc1ccc(NC(=O)CCC2CCNCC2)c(Cl)c1. The Hall–Kier alpha value is -1.06. The number of hydrogen-bond acceptors (Lipinski definition) is 2. The molecule has 2 rings (SSSR count). The molecule has 2 N–H and O–H groups in total. The number of carbonyl (C=O) groups excluding carboxylic acids is 1. The van der Waals surface area contributed by atoms with Gasteiger partial charge in [0.15, 0.2) is 0 Å². The minimum atomic E-state index is 0.0595. The highest BCUT2D eigenvalue weighted by Crippen LogP contribution is 2.23. The van der Waals surface area contributed by atoms with Crippen LogP contribution in [0.1, 0.15) is 31.2 Å². The van der Waals surface area contributed by atoms with Gasteiger partial charge in [0.05, 0.1) is 10.7 Å². The summed E-state index contributed by atoms with van der Waals surface area (Å²) in [5, 5.41) is 6.83. The van der Waals surface area contributed by atoms with Crippen molar-refractivity contribution in [2.75, 3.05) is 18.4 Å². The minimum Gasteiger partial charge on any atom is -0.325 e. The molecule has 1 aliphatic heterocycles. The number of nitrogens with one attached hydrogen (secondary N) is 2. The van der Waals surface area contributed by atoms with Crippen molar-refractivity contribution in [1.82, 2.24) is 5.32 Å². The van der Waals surface area contributed by atoms with Crippen LogP contribution in [0.3, 0.4) is 0 Å². The van der Waals surface area contributed by atoms with Crippen molar-refractivity contribution < 1.29 is 4.79 Å². The van der Waals surface area contributed by atoms with Crippen molar-refractivity contribution in [1.29, 1.82) is 0 Å². The molecule has 0 atom stereocenters. The van der Waals surface area contributed by atoms with Crippen molar-refractivity contribution in [2.45, 2.75) is 32.6 Å². The van der Waals surface area contributed by atoms with Gasteiger partial charge in [0.25, 0.3) is 0 Å². The molecular weight excluding hydrogens is 260 g/mol. The van der Waals surface area contributed by atoms with Crippen molar-refractivity contribution in [3.63, 3.8) is 0 Å². The first-order chi connectivity index (χ1) is 9.15. The fourth-order valence-electron chi connectivity index (χ4n) is 2.44. The first-order valence-corrected chi connectivity index (χ1v) is 7.29. The summed E-state index contributed by atoms with van der Waals surface area (Å²) >= 11 is 6.10. The van der Waals surface area contributed by atoms with Crippen molar-refractivity contribution >= 4 is 23.2 Å². The van der Waals surface area contributed by atoms with E-state index >= 15 is 0 Å². The van der Waals surface area contributed by atoms with Gasteiger partial charge < -0.3 is 10.6 Å². The molecule has 1 aromatic carbocycles. The highest BCUT2D eigenvalue weighted by atomic mass is 35.5. The predicted octanol–water partition coefficient (Wildman–Crippen LogP) is 3.37. The molecule has 0 saturated carbocycles. The number of anilines is 1. The molecule has 3 nitrogen and oxygen atoms in total. The topological polar surface area (TPSA) is 41.1 Å². The lowest BCUT2D eigenvalue weighted by atomic mass is 9.93. The van der Waals surface area contributed by atoms with E-state index in [0.717, 1.165) is 25.1 Å². The summed E-state index contributed by atoms with van der Waals surface area (Å²) in [6.45, 7) is 4.14. The highest BCUT2D eigenvalue weighted by Gasteiger charge is 2.14. The van der Waals surface area contributed by atoms with Crippen LogP contribution in [0.2, 0.25) is 5.02 Å². The number of benzene rings is 1. The number of piperidine rings is 1. The summed E-state index contributed by atoms with van der Waals surface area (Å²) < 4.78 is 0. The Labute approximate surface area is 119 Å². The smallest absolute Gasteiger partial charge is 0.224 e. The molecule has 0 bridgehead atoms. The van der Waals surface area contributed by atoms with Gasteiger partial charge in [0, 0.05) is 6.42 Å². The molecule has 0 aromatic heterocycles. The molecule has 0 spiro atoms. The van der Waals surface area contributed by atoms with Crippen LogP contribution in [0.15, 0.2) is 18.2 Å². The maximum atomic E-state index is 11.9. The van der Waals surface area contributed by atoms with E-state index in [4.69, 9.17) is 11.6 Å². The number of hydrogen-bond donors (Lipinski definition) is 2. The highest BCUT2D eigenvalue weighted by molar-refractivity contribution is 6.33. The van der Waals surface area contributed by atoms with Gasteiger partial charge >= 0.3 is 0 Å². The monoisotopic (exact) mass is 280 g/mol. The van der Waals surface area contributed by atoms with E-state index in [2.05, 4.69) is 10.6 Å². The second-order valence-corrected chi connectivity index (χ2v) is 5.67. The molecule has 1 aromatic rings. The Bertz CT molecular complexity index is 442. The van der Waals surface area contributed by atoms with Crippen LogP contribution < -0.4 is 10.6 Å². The van der Waals surface area contributed by atoms with E-state index in [1.54, 1.807) is 0 Å². The Morgan fingerprint density at radius 3 is 2.84 bits per heavy atom. The van der Waals surface area contributed by atoms with Crippen LogP contribution in [0.4, 0.5) is 5.69 Å². The summed E-state index contributed by atoms with van der Waals surface area (Å²) in [5.74, 6) is 0.741. The number of aryl methyl sites for hydroxylation is 1. The molecule has 1 heterocycles. The number of carbonyl (C=O) groups is 1. The van der Waals surface area contributed by atoms with Gasteiger partial charge in [-0.05, 0) is 62.9 Å². The second kappa shape index (κ2) is 6.92. The van der Waals surface area contributed by atoms with E-state index < -0.39 is 0 Å². The van der Waals surface area contributed by atoms with E-state index in [1.165, 1.54) is 12.8 Å². The summed E-state index contributed by atoms with van der Waals surface area (Å²) in [7, 11) is 0. The Morgan fingerprint density at radius 2 is 2.16 bits per heavy atom. The first-order valence-electron chi connectivity index (χ1n) is 6.92. The van der Waals surface area contributed by atoms with Gasteiger partial charge in [-0.25, -0.2) is 0 Å². The zero-order valence-corrected chi connectivity index (χ0v) is 12.1. The Morgan fingerprint density at radius 1 is 1.42 bits per heavy atom. The molecule has 1 amide bonds. The van der Waals surface area contributed by atoms with E-state index in [1.807, 2.05) is 25.1 Å². The standard InChI is InChI=1S/C15H21ClN2O/c1-11-2-4-14(13(16)10-11)18-15(19)5-3-12-6-8-17-9-7-12/h2,4,10,12,17H,3,5-9H2,1H3,(H,18,19). The van der Waals surface area contributed by atoms with Crippen molar-refractivity contribution in [3.8, 4) is 0 Å². The van der Waals surface area contributed by atoms with E-state index in [9.17, 15) is 4.79 Å². The lowest BCUT2D eigenvalue weighted by molar-refractivity contribution is -0.116. The first kappa shape index (κ1) is 14.4. The van der Waals surface area contributed by atoms with Crippen molar-refractivity contribution in [3.05, 3.63) is 28.8 Å². The van der Waals surface area contributed by atoms with Gasteiger partial charge in [-0.1, -0.05) is 17.7 Å². The third-order valence-corrected chi connectivity index (χ3v) is 3.95. The Balaban J connectivity index is 1.80. The van der Waals surface area contributed by atoms with Crippen LogP contribution >= 0.6 is 11.6 Å². The number of halogens is 1. The number of amides is 1. The zero-order chi connectivity index (χ0) is 13.7. The molecule has 1 saturated heterocycles. The molecule has 0 unspecified atom stereocenters. The average Bonchev–Trinajstić information content (AvgIpc) is 2.41. The van der Waals surface area contributed by atoms with E-state index in [0.29, 0.717) is 23.0 Å². The third-order valence-electron chi connectivity index (χ3n) is 3.64. The van der Waals surface area contributed by atoms with Gasteiger partial charge in [-0.3, -0.25) is 4.79 Å². The zero-order valence-electron chi connectivity index (χ0n) is 11.3. The van der Waals surface area contributed by atoms with Gasteiger partial charge in [-0.15, -0.1) is 0 Å². The number of rotatable bonds is 4. The second-order valence-electron chi connectivity index (χ2n) is 5.26. The molecular formula is C15H21ClN2O. The van der Waals surface area contributed by atoms with Crippen LogP contribution in [-0.4, -0.2) is 19.0 Å². The summed E-state index contributed by atoms with van der Waals surface area (Å²) in [5.41, 5.74) is 1.81. The summed E-state index contributed by atoms with van der Waals surface area (Å²) in [4.78, 5) is 11.9. The molecule has 0 radical (unpaired) electrons. The fraction of sp³-hybridized carbons (Fsp3) is 0.533. The predicted molar refractivity (Wildman–Crippen MR) is 79.6 cm³/mol. The maximum Gasteiger partial charge on any atom is 0.224 e. The van der Waals surface area contributed by atoms with Crippen LogP contribution in [-0.2, 0) is 4.79 Å². The minimum absolute atomic E-state index is 0.0595. The van der Waals surface area contributed by atoms with Gasteiger partial charge in [0.2, 0.25) is 5.91 Å². The average molecular weight is 281 g/mol. The molecule has 1 fully saturated rings. The lowest BCUT2D eigenvalue weighted by Gasteiger charge is -2.22. The van der Waals surface area contributed by atoms with Crippen LogP contribution in [0, 0.1) is 12.8 Å². The van der Waals surface area contributed by atoms with Gasteiger partial charge in [0.1, 0.15) is 0 Å². The normalized spacial score (nSPS) is 16.3. The fourth-order valence-corrected chi connectivity index (χ4v) is 2.72. The van der Waals surface area contributed by atoms with Gasteiger partial charge in [-0.2, -0.15) is 0 Å². The van der Waals surface area contributed by atoms with Crippen LogP contribution in [0.25, 0.3) is 0 Å². The molecule has 1 aliphatic rings. The maximum absolute atomic E-state index is 11.9. The van der Waals surface area contributed by atoms with E-state index in [-0.39, 0.29) is 5.91 Å². The quantitative estimate of drug-likeness (QED) is 0.888. The molecule has 19 heavy (non-hydrogen) atoms. The Kier molecular flexibility index (Phi) is 5.23. The largest absolute Gasteiger partial charge is 0.325 e.